The highest BCUT2D eigenvalue weighted by molar-refractivity contribution is 9.10. The normalized spacial score (nSPS) is 20.9. The molecule has 0 fully saturated rings. The molecule has 3 rings (SSSR count). The van der Waals surface area contributed by atoms with Gasteiger partial charge in [-0.3, -0.25) is 0 Å². The fraction of sp³-hybridized carbons (Fsp3) is 0.333. The molecular formula is C18H18Br2O. The molecule has 21 heavy (non-hydrogen) atoms. The molecule has 0 spiro atoms. The van der Waals surface area contributed by atoms with Gasteiger partial charge in [0.15, 0.2) is 0 Å². The van der Waals surface area contributed by atoms with E-state index >= 15 is 0 Å². The largest absolute Gasteiger partial charge is 0.494 e. The molecule has 2 aromatic rings. The Morgan fingerprint density at radius 2 is 1.81 bits per heavy atom. The molecular weight excluding hydrogens is 392 g/mol. The standard InChI is InChI=1S/C18H18Br2O/c19-15-7-9-16(10-8-15)21-12-11-14-6-5-13-3-1-2-4-17(13)18(14)20/h1-4,7-10,14,18H,5-6,11-12H2. The molecule has 1 aliphatic rings. The maximum Gasteiger partial charge on any atom is 0.119 e. The van der Waals surface area contributed by atoms with Crippen LogP contribution in [0.25, 0.3) is 0 Å². The highest BCUT2D eigenvalue weighted by atomic mass is 79.9. The fourth-order valence-electron chi connectivity index (χ4n) is 2.92. The Morgan fingerprint density at radius 3 is 2.62 bits per heavy atom. The van der Waals surface area contributed by atoms with Gasteiger partial charge in [-0.15, -0.1) is 0 Å². The summed E-state index contributed by atoms with van der Waals surface area (Å²) in [5.74, 6) is 1.59. The van der Waals surface area contributed by atoms with E-state index in [0.29, 0.717) is 10.7 Å². The molecule has 0 bridgehead atoms. The molecule has 1 nitrogen and oxygen atoms in total. The minimum atomic E-state index is 0.455. The topological polar surface area (TPSA) is 9.23 Å². The average Bonchev–Trinajstić information content (AvgIpc) is 2.52. The van der Waals surface area contributed by atoms with Crippen LogP contribution in [0.5, 0.6) is 5.75 Å². The van der Waals surface area contributed by atoms with Crippen molar-refractivity contribution in [2.24, 2.45) is 5.92 Å². The predicted molar refractivity (Wildman–Crippen MR) is 94.2 cm³/mol. The Kier molecular flexibility index (Phi) is 5.02. The van der Waals surface area contributed by atoms with Crippen LogP contribution in [0.15, 0.2) is 53.0 Å². The van der Waals surface area contributed by atoms with Crippen LogP contribution in [-0.2, 0) is 6.42 Å². The predicted octanol–water partition coefficient (Wildman–Crippen LogP) is 5.92. The van der Waals surface area contributed by atoms with Gasteiger partial charge < -0.3 is 4.74 Å². The van der Waals surface area contributed by atoms with Crippen LogP contribution < -0.4 is 4.74 Å². The first-order valence-electron chi connectivity index (χ1n) is 7.34. The lowest BCUT2D eigenvalue weighted by Crippen LogP contribution is -2.19. The number of halogens is 2. The average molecular weight is 410 g/mol. The van der Waals surface area contributed by atoms with E-state index in [9.17, 15) is 0 Å². The van der Waals surface area contributed by atoms with Crippen LogP contribution in [-0.4, -0.2) is 6.61 Å². The molecule has 0 N–H and O–H groups in total. The van der Waals surface area contributed by atoms with Gasteiger partial charge >= 0.3 is 0 Å². The lowest BCUT2D eigenvalue weighted by Gasteiger charge is -2.29. The van der Waals surface area contributed by atoms with Crippen LogP contribution in [0.2, 0.25) is 0 Å². The SMILES string of the molecule is Brc1ccc(OCCC2CCc3ccccc3C2Br)cc1. The van der Waals surface area contributed by atoms with Crippen molar-refractivity contribution >= 4 is 31.9 Å². The molecule has 0 saturated carbocycles. The molecule has 2 unspecified atom stereocenters. The van der Waals surface area contributed by atoms with Crippen molar-refractivity contribution in [1.29, 1.82) is 0 Å². The van der Waals surface area contributed by atoms with E-state index in [1.807, 2.05) is 24.3 Å². The third-order valence-corrected chi connectivity index (χ3v) is 5.89. The second kappa shape index (κ2) is 6.97. The molecule has 0 radical (unpaired) electrons. The van der Waals surface area contributed by atoms with Crippen molar-refractivity contribution in [2.75, 3.05) is 6.61 Å². The van der Waals surface area contributed by atoms with Gasteiger partial charge in [0.1, 0.15) is 5.75 Å². The number of alkyl halides is 1. The number of benzene rings is 2. The van der Waals surface area contributed by atoms with Crippen LogP contribution in [0.3, 0.4) is 0 Å². The summed E-state index contributed by atoms with van der Waals surface area (Å²) in [6.45, 7) is 0.774. The molecule has 2 atom stereocenters. The molecule has 2 aromatic carbocycles. The summed E-state index contributed by atoms with van der Waals surface area (Å²) in [5, 5.41) is 0. The maximum atomic E-state index is 5.86. The molecule has 0 heterocycles. The highest BCUT2D eigenvalue weighted by Crippen LogP contribution is 2.41. The molecule has 3 heteroatoms. The maximum absolute atomic E-state index is 5.86. The Hall–Kier alpha value is -0.800. The van der Waals surface area contributed by atoms with Gasteiger partial charge in [0.2, 0.25) is 0 Å². The van der Waals surface area contributed by atoms with Crippen LogP contribution in [0.4, 0.5) is 0 Å². The van der Waals surface area contributed by atoms with Gasteiger partial charge in [-0.25, -0.2) is 0 Å². The van der Waals surface area contributed by atoms with E-state index in [-0.39, 0.29) is 0 Å². The number of hydrogen-bond donors (Lipinski definition) is 0. The third-order valence-electron chi connectivity index (χ3n) is 4.12. The van der Waals surface area contributed by atoms with Gasteiger partial charge in [-0.05, 0) is 60.6 Å². The number of ether oxygens (including phenoxy) is 1. The van der Waals surface area contributed by atoms with Crippen LogP contribution in [0, 0.1) is 5.92 Å². The van der Waals surface area contributed by atoms with Gasteiger partial charge in [-0.2, -0.15) is 0 Å². The monoisotopic (exact) mass is 408 g/mol. The number of rotatable bonds is 4. The van der Waals surface area contributed by atoms with Crippen LogP contribution in [0.1, 0.15) is 28.8 Å². The van der Waals surface area contributed by atoms with E-state index in [4.69, 9.17) is 4.74 Å². The summed E-state index contributed by atoms with van der Waals surface area (Å²) in [5.41, 5.74) is 2.95. The molecule has 0 aromatic heterocycles. The van der Waals surface area contributed by atoms with Crippen molar-refractivity contribution in [3.05, 3.63) is 64.1 Å². The van der Waals surface area contributed by atoms with Crippen molar-refractivity contribution in [3.8, 4) is 5.75 Å². The number of aryl methyl sites for hydroxylation is 1. The Labute approximate surface area is 143 Å². The Balaban J connectivity index is 1.56. The second-order valence-electron chi connectivity index (χ2n) is 5.49. The van der Waals surface area contributed by atoms with Crippen molar-refractivity contribution in [1.82, 2.24) is 0 Å². The zero-order valence-electron chi connectivity index (χ0n) is 11.8. The smallest absolute Gasteiger partial charge is 0.119 e. The zero-order valence-corrected chi connectivity index (χ0v) is 14.9. The lowest BCUT2D eigenvalue weighted by atomic mass is 9.82. The fourth-order valence-corrected chi connectivity index (χ4v) is 4.16. The summed E-state index contributed by atoms with van der Waals surface area (Å²) in [6.07, 6.45) is 3.50. The number of hydrogen-bond acceptors (Lipinski definition) is 1. The zero-order chi connectivity index (χ0) is 14.7. The molecule has 1 aliphatic carbocycles. The van der Waals surface area contributed by atoms with Gasteiger partial charge in [-0.1, -0.05) is 56.1 Å². The van der Waals surface area contributed by atoms with E-state index in [1.54, 1.807) is 0 Å². The van der Waals surface area contributed by atoms with Gasteiger partial charge in [0, 0.05) is 9.30 Å². The molecule has 110 valence electrons. The van der Waals surface area contributed by atoms with Gasteiger partial charge in [0.05, 0.1) is 6.61 Å². The first-order valence-corrected chi connectivity index (χ1v) is 9.05. The summed E-state index contributed by atoms with van der Waals surface area (Å²) in [6, 6.07) is 16.8. The summed E-state index contributed by atoms with van der Waals surface area (Å²) >= 11 is 7.33. The lowest BCUT2D eigenvalue weighted by molar-refractivity contribution is 0.267. The minimum absolute atomic E-state index is 0.455. The van der Waals surface area contributed by atoms with Crippen LogP contribution >= 0.6 is 31.9 Å². The van der Waals surface area contributed by atoms with Gasteiger partial charge in [0.25, 0.3) is 0 Å². The van der Waals surface area contributed by atoms with Crippen molar-refractivity contribution in [3.63, 3.8) is 0 Å². The van der Waals surface area contributed by atoms with E-state index < -0.39 is 0 Å². The molecule has 0 saturated heterocycles. The first-order chi connectivity index (χ1) is 10.2. The summed E-state index contributed by atoms with van der Waals surface area (Å²) in [4.78, 5) is 0.455. The van der Waals surface area contributed by atoms with E-state index in [2.05, 4.69) is 56.1 Å². The van der Waals surface area contributed by atoms with Crippen molar-refractivity contribution in [2.45, 2.75) is 24.1 Å². The van der Waals surface area contributed by atoms with E-state index in [0.717, 1.165) is 23.2 Å². The summed E-state index contributed by atoms with van der Waals surface area (Å²) in [7, 11) is 0. The quantitative estimate of drug-likeness (QED) is 0.569. The summed E-state index contributed by atoms with van der Waals surface area (Å²) < 4.78 is 6.94. The second-order valence-corrected chi connectivity index (χ2v) is 7.39. The third kappa shape index (κ3) is 3.70. The minimum Gasteiger partial charge on any atom is -0.494 e. The Bertz CT molecular complexity index is 594. The Morgan fingerprint density at radius 1 is 1.05 bits per heavy atom. The van der Waals surface area contributed by atoms with E-state index in [1.165, 1.54) is 24.0 Å². The van der Waals surface area contributed by atoms with Crippen molar-refractivity contribution < 1.29 is 4.74 Å². The first kappa shape index (κ1) is 15.1. The number of fused-ring (bicyclic) bond motifs is 1. The molecule has 0 amide bonds. The molecule has 0 aliphatic heterocycles. The highest BCUT2D eigenvalue weighted by Gasteiger charge is 2.26.